The van der Waals surface area contributed by atoms with Crippen molar-refractivity contribution in [1.29, 1.82) is 0 Å². The summed E-state index contributed by atoms with van der Waals surface area (Å²) < 4.78 is 18.7. The maximum atomic E-state index is 13.8. The molecule has 2 aromatic carbocycles. The van der Waals surface area contributed by atoms with Crippen LogP contribution < -0.4 is 24.4 Å². The Kier molecular flexibility index (Phi) is 8.65. The molecular weight excluding hydrogens is 520 g/mol. The zero-order chi connectivity index (χ0) is 28.1. The number of aromatic nitrogens is 1. The van der Waals surface area contributed by atoms with Gasteiger partial charge in [0.15, 0.2) is 16.3 Å². The number of hydrogen-bond acceptors (Lipinski definition) is 8. The molecule has 204 valence electrons. The summed E-state index contributed by atoms with van der Waals surface area (Å²) in [6.45, 7) is 6.24. The number of unbranched alkanes of at least 4 members (excludes halogenated alkanes) is 1. The van der Waals surface area contributed by atoms with E-state index in [4.69, 9.17) is 19.3 Å². The molecular formula is C29H30N2O7S. The highest BCUT2D eigenvalue weighted by atomic mass is 32.1. The van der Waals surface area contributed by atoms with Crippen LogP contribution in [0.15, 0.2) is 63.5 Å². The summed E-state index contributed by atoms with van der Waals surface area (Å²) in [5.41, 5.74) is 1.86. The second kappa shape index (κ2) is 12.1. The van der Waals surface area contributed by atoms with Crippen molar-refractivity contribution in [3.05, 3.63) is 90.1 Å². The van der Waals surface area contributed by atoms with Crippen LogP contribution in [0.25, 0.3) is 6.08 Å². The number of ether oxygens (including phenoxy) is 3. The molecule has 4 rings (SSSR count). The van der Waals surface area contributed by atoms with Gasteiger partial charge in [0, 0.05) is 0 Å². The molecule has 1 aliphatic heterocycles. The number of aromatic carboxylic acids is 1. The van der Waals surface area contributed by atoms with Gasteiger partial charge in [-0.3, -0.25) is 9.36 Å². The van der Waals surface area contributed by atoms with Gasteiger partial charge in [-0.25, -0.2) is 14.6 Å². The third-order valence-corrected chi connectivity index (χ3v) is 7.21. The third kappa shape index (κ3) is 5.80. The standard InChI is InChI=1S/C29H30N2O7S/c1-5-7-14-38-21-13-12-20(16-22(21)36-4)25-24(28(35)37-6-2)17(3)30-29-31(25)26(32)23(39-29)15-18-8-10-19(11-9-18)27(33)34/h8-13,15-16,25H,5-7,14H2,1-4H3,(H,33,34). The summed E-state index contributed by atoms with van der Waals surface area (Å²) in [5, 5.41) is 9.17. The van der Waals surface area contributed by atoms with Gasteiger partial charge in [0.1, 0.15) is 0 Å². The summed E-state index contributed by atoms with van der Waals surface area (Å²) in [7, 11) is 1.54. The lowest BCUT2D eigenvalue weighted by Gasteiger charge is -2.25. The highest BCUT2D eigenvalue weighted by molar-refractivity contribution is 7.07. The number of benzene rings is 2. The Morgan fingerprint density at radius 1 is 1.13 bits per heavy atom. The van der Waals surface area contributed by atoms with E-state index in [1.807, 2.05) is 6.07 Å². The molecule has 0 aliphatic carbocycles. The summed E-state index contributed by atoms with van der Waals surface area (Å²) in [6.07, 6.45) is 3.57. The number of carbonyl (C=O) groups is 2. The highest BCUT2D eigenvalue weighted by Crippen LogP contribution is 2.36. The molecule has 1 N–H and O–H groups in total. The van der Waals surface area contributed by atoms with Gasteiger partial charge in [0.05, 0.1) is 47.7 Å². The largest absolute Gasteiger partial charge is 0.493 e. The van der Waals surface area contributed by atoms with Gasteiger partial charge in [-0.05, 0) is 61.7 Å². The topological polar surface area (TPSA) is 116 Å². The number of nitrogens with zero attached hydrogens (tertiary/aromatic N) is 2. The van der Waals surface area contributed by atoms with E-state index >= 15 is 0 Å². The van der Waals surface area contributed by atoms with Crippen LogP contribution in [-0.2, 0) is 9.53 Å². The minimum atomic E-state index is -1.03. The molecule has 9 nitrogen and oxygen atoms in total. The summed E-state index contributed by atoms with van der Waals surface area (Å²) >= 11 is 1.19. The molecule has 2 heterocycles. The molecule has 0 saturated carbocycles. The predicted molar refractivity (Wildman–Crippen MR) is 147 cm³/mol. The Hall–Kier alpha value is -4.18. The molecule has 0 fully saturated rings. The number of allylic oxidation sites excluding steroid dienone is 1. The number of rotatable bonds is 10. The normalized spacial score (nSPS) is 15.0. The molecule has 0 amide bonds. The van der Waals surface area contributed by atoms with Crippen molar-refractivity contribution >= 4 is 29.4 Å². The van der Waals surface area contributed by atoms with Crippen LogP contribution in [0, 0.1) is 0 Å². The second-order valence-corrected chi connectivity index (χ2v) is 9.85. The fourth-order valence-electron chi connectivity index (χ4n) is 4.28. The van der Waals surface area contributed by atoms with Crippen molar-refractivity contribution in [1.82, 2.24) is 4.57 Å². The van der Waals surface area contributed by atoms with Crippen molar-refractivity contribution in [2.24, 2.45) is 4.99 Å². The first-order valence-electron chi connectivity index (χ1n) is 12.6. The third-order valence-electron chi connectivity index (χ3n) is 6.23. The second-order valence-electron chi connectivity index (χ2n) is 8.84. The van der Waals surface area contributed by atoms with Crippen LogP contribution in [0.5, 0.6) is 11.5 Å². The Morgan fingerprint density at radius 2 is 1.87 bits per heavy atom. The number of hydrogen-bond donors (Lipinski definition) is 1. The van der Waals surface area contributed by atoms with Crippen LogP contribution in [0.3, 0.4) is 0 Å². The van der Waals surface area contributed by atoms with E-state index in [-0.39, 0.29) is 23.3 Å². The van der Waals surface area contributed by atoms with Crippen LogP contribution in [0.1, 0.15) is 61.1 Å². The fraction of sp³-hybridized carbons (Fsp3) is 0.310. The lowest BCUT2D eigenvalue weighted by atomic mass is 9.95. The number of methoxy groups -OCH3 is 1. The number of esters is 1. The molecule has 1 unspecified atom stereocenters. The van der Waals surface area contributed by atoms with Crippen molar-refractivity contribution in [2.75, 3.05) is 20.3 Å². The summed E-state index contributed by atoms with van der Waals surface area (Å²) in [4.78, 5) is 43.1. The molecule has 1 aromatic heterocycles. The molecule has 1 atom stereocenters. The zero-order valence-electron chi connectivity index (χ0n) is 22.2. The molecule has 39 heavy (non-hydrogen) atoms. The number of fused-ring (bicyclic) bond motifs is 1. The zero-order valence-corrected chi connectivity index (χ0v) is 23.0. The first kappa shape index (κ1) is 27.8. The van der Waals surface area contributed by atoms with Gasteiger partial charge in [-0.2, -0.15) is 0 Å². The monoisotopic (exact) mass is 550 g/mol. The summed E-state index contributed by atoms with van der Waals surface area (Å²) in [5.74, 6) is -0.517. The van der Waals surface area contributed by atoms with E-state index in [9.17, 15) is 14.4 Å². The Morgan fingerprint density at radius 3 is 2.51 bits per heavy atom. The summed E-state index contributed by atoms with van der Waals surface area (Å²) in [6, 6.07) is 10.8. The van der Waals surface area contributed by atoms with Crippen molar-refractivity contribution < 1.29 is 28.9 Å². The number of carboxylic acid groups (broad SMARTS) is 1. The maximum absolute atomic E-state index is 13.8. The average Bonchev–Trinajstić information content (AvgIpc) is 3.22. The molecule has 0 spiro atoms. The van der Waals surface area contributed by atoms with Crippen LogP contribution in [0.2, 0.25) is 0 Å². The molecule has 0 radical (unpaired) electrons. The van der Waals surface area contributed by atoms with E-state index in [2.05, 4.69) is 11.9 Å². The number of thiazole rings is 1. The first-order valence-corrected chi connectivity index (χ1v) is 13.4. The average molecular weight is 551 g/mol. The molecule has 0 saturated heterocycles. The number of carboxylic acids is 1. The van der Waals surface area contributed by atoms with Gasteiger partial charge < -0.3 is 19.3 Å². The quantitative estimate of drug-likeness (QED) is 0.302. The fourth-order valence-corrected chi connectivity index (χ4v) is 5.33. The van der Waals surface area contributed by atoms with Gasteiger partial charge >= 0.3 is 11.9 Å². The highest BCUT2D eigenvalue weighted by Gasteiger charge is 2.34. The predicted octanol–water partition coefficient (Wildman–Crippen LogP) is 3.68. The van der Waals surface area contributed by atoms with Crippen molar-refractivity contribution in [3.8, 4) is 11.5 Å². The molecule has 3 aromatic rings. The van der Waals surface area contributed by atoms with Crippen molar-refractivity contribution in [3.63, 3.8) is 0 Å². The molecule has 10 heteroatoms. The van der Waals surface area contributed by atoms with E-state index in [1.54, 1.807) is 51.3 Å². The lowest BCUT2D eigenvalue weighted by Crippen LogP contribution is -2.40. The smallest absolute Gasteiger partial charge is 0.338 e. The van der Waals surface area contributed by atoms with Gasteiger partial charge in [-0.1, -0.05) is 42.9 Å². The molecule has 0 bridgehead atoms. The minimum Gasteiger partial charge on any atom is -0.493 e. The minimum absolute atomic E-state index is 0.152. The Balaban J connectivity index is 1.87. The Labute approximate surface area is 229 Å². The van der Waals surface area contributed by atoms with Gasteiger partial charge in [-0.15, -0.1) is 0 Å². The van der Waals surface area contributed by atoms with Crippen molar-refractivity contribution in [2.45, 2.75) is 39.7 Å². The van der Waals surface area contributed by atoms with Gasteiger partial charge in [0.2, 0.25) is 0 Å². The van der Waals surface area contributed by atoms with Crippen LogP contribution in [-0.4, -0.2) is 41.9 Å². The number of carbonyl (C=O) groups excluding carboxylic acids is 1. The van der Waals surface area contributed by atoms with Gasteiger partial charge in [0.25, 0.3) is 5.56 Å². The van der Waals surface area contributed by atoms with E-state index < -0.39 is 18.0 Å². The van der Waals surface area contributed by atoms with E-state index in [1.165, 1.54) is 28.0 Å². The van der Waals surface area contributed by atoms with Crippen LogP contribution in [0.4, 0.5) is 0 Å². The first-order chi connectivity index (χ1) is 18.8. The maximum Gasteiger partial charge on any atom is 0.338 e. The lowest BCUT2D eigenvalue weighted by molar-refractivity contribution is -0.139. The van der Waals surface area contributed by atoms with E-state index in [0.29, 0.717) is 44.3 Å². The molecule has 1 aliphatic rings. The SMILES string of the molecule is CCCCOc1ccc(C2C(C(=O)OCC)=C(C)N=c3sc(=Cc4ccc(C(=O)O)cc4)c(=O)n32)cc1OC. The Bertz CT molecular complexity index is 1600. The van der Waals surface area contributed by atoms with E-state index in [0.717, 1.165) is 12.8 Å². The van der Waals surface area contributed by atoms with Crippen LogP contribution >= 0.6 is 11.3 Å².